The average molecular weight is 278 g/mol. The van der Waals surface area contributed by atoms with E-state index in [2.05, 4.69) is 10.0 Å². The summed E-state index contributed by atoms with van der Waals surface area (Å²) in [5.41, 5.74) is 8.16. The van der Waals surface area contributed by atoms with Crippen molar-refractivity contribution in [1.29, 1.82) is 0 Å². The van der Waals surface area contributed by atoms with E-state index in [4.69, 9.17) is 10.6 Å². The molecule has 1 heterocycles. The Bertz CT molecular complexity index is 613. The van der Waals surface area contributed by atoms with Crippen molar-refractivity contribution in [3.05, 3.63) is 40.0 Å². The molecule has 0 bridgehead atoms. The fourth-order valence-electron chi connectivity index (χ4n) is 2.20. The largest absolute Gasteiger partial charge is 0.478 e. The molecule has 1 atom stereocenters. The lowest BCUT2D eigenvalue weighted by atomic mass is 10.1. The number of hydrogen-bond acceptors (Lipinski definition) is 3. The van der Waals surface area contributed by atoms with Crippen molar-refractivity contribution in [2.24, 2.45) is 11.0 Å². The van der Waals surface area contributed by atoms with Crippen LogP contribution >= 0.6 is 0 Å². The maximum Gasteiger partial charge on any atom is 0.337 e. The van der Waals surface area contributed by atoms with Crippen molar-refractivity contribution < 1.29 is 19.1 Å². The second-order valence-corrected chi connectivity index (χ2v) is 4.45. The van der Waals surface area contributed by atoms with Gasteiger partial charge in [-0.1, -0.05) is 5.11 Å². The molecule has 1 fully saturated rings. The average Bonchev–Trinajstić information content (AvgIpc) is 2.77. The Morgan fingerprint density at radius 2 is 2.35 bits per heavy atom. The van der Waals surface area contributed by atoms with Crippen LogP contribution in [0.25, 0.3) is 10.4 Å². The zero-order valence-corrected chi connectivity index (χ0v) is 10.4. The van der Waals surface area contributed by atoms with Crippen molar-refractivity contribution in [1.82, 2.24) is 0 Å². The third kappa shape index (κ3) is 2.70. The van der Waals surface area contributed by atoms with E-state index in [9.17, 15) is 14.0 Å². The number of aromatic carboxylic acids is 1. The van der Waals surface area contributed by atoms with Gasteiger partial charge in [-0.25, -0.2) is 9.18 Å². The van der Waals surface area contributed by atoms with Gasteiger partial charge in [-0.2, -0.15) is 0 Å². The van der Waals surface area contributed by atoms with E-state index in [0.29, 0.717) is 0 Å². The molecule has 2 rings (SSSR count). The van der Waals surface area contributed by atoms with Gasteiger partial charge in [0, 0.05) is 24.4 Å². The van der Waals surface area contributed by atoms with Gasteiger partial charge < -0.3 is 10.0 Å². The molecule has 8 heteroatoms. The number of anilines is 1. The predicted molar refractivity (Wildman–Crippen MR) is 67.8 cm³/mol. The molecule has 7 nitrogen and oxygen atoms in total. The van der Waals surface area contributed by atoms with E-state index in [1.807, 2.05) is 0 Å². The molecule has 0 radical (unpaired) electrons. The number of carbonyl (C=O) groups excluding carboxylic acids is 1. The summed E-state index contributed by atoms with van der Waals surface area (Å²) in [6.07, 6.45) is 0.147. The van der Waals surface area contributed by atoms with Gasteiger partial charge in [0.2, 0.25) is 5.91 Å². The molecule has 1 unspecified atom stereocenters. The number of rotatable bonds is 4. The molecule has 1 aromatic carbocycles. The number of azide groups is 1. The zero-order chi connectivity index (χ0) is 14.7. The quantitative estimate of drug-likeness (QED) is 0.518. The Balaban J connectivity index is 2.32. The summed E-state index contributed by atoms with van der Waals surface area (Å²) < 4.78 is 13.3. The molecule has 0 aliphatic carbocycles. The lowest BCUT2D eigenvalue weighted by Crippen LogP contribution is -2.27. The van der Waals surface area contributed by atoms with Crippen LogP contribution in [0.1, 0.15) is 16.8 Å². The maximum atomic E-state index is 13.3. The van der Waals surface area contributed by atoms with Crippen LogP contribution in [0.4, 0.5) is 10.1 Å². The summed E-state index contributed by atoms with van der Waals surface area (Å²) in [6.45, 7) is 0.359. The standard InChI is InChI=1S/C12H11FN4O3/c13-8-1-2-9(12(19)20)10(4-8)17-6-7(3-11(17)18)5-15-16-14/h1-2,4,7H,3,5-6H2,(H,19,20). The third-order valence-corrected chi connectivity index (χ3v) is 3.09. The van der Waals surface area contributed by atoms with Crippen LogP contribution in [-0.2, 0) is 4.79 Å². The highest BCUT2D eigenvalue weighted by Crippen LogP contribution is 2.29. The predicted octanol–water partition coefficient (Wildman–Crippen LogP) is 2.19. The van der Waals surface area contributed by atoms with Crippen molar-refractivity contribution in [2.75, 3.05) is 18.0 Å². The fraction of sp³-hybridized carbons (Fsp3) is 0.333. The lowest BCUT2D eigenvalue weighted by Gasteiger charge is -2.18. The highest BCUT2D eigenvalue weighted by Gasteiger charge is 2.32. The van der Waals surface area contributed by atoms with Crippen molar-refractivity contribution >= 4 is 17.6 Å². The number of carboxylic acids is 1. The van der Waals surface area contributed by atoms with Gasteiger partial charge in [-0.15, -0.1) is 0 Å². The summed E-state index contributed by atoms with van der Waals surface area (Å²) >= 11 is 0. The van der Waals surface area contributed by atoms with Crippen molar-refractivity contribution in [3.63, 3.8) is 0 Å². The van der Waals surface area contributed by atoms with Crippen LogP contribution in [0.5, 0.6) is 0 Å². The molecule has 0 aromatic heterocycles. The monoisotopic (exact) mass is 278 g/mol. The second-order valence-electron chi connectivity index (χ2n) is 4.45. The summed E-state index contributed by atoms with van der Waals surface area (Å²) in [4.78, 5) is 26.9. The summed E-state index contributed by atoms with van der Waals surface area (Å²) in [6, 6.07) is 3.18. The van der Waals surface area contributed by atoms with Gasteiger partial charge >= 0.3 is 5.97 Å². The Labute approximate surface area is 113 Å². The van der Waals surface area contributed by atoms with Crippen LogP contribution in [0.3, 0.4) is 0 Å². The van der Waals surface area contributed by atoms with Gasteiger partial charge in [-0.3, -0.25) is 4.79 Å². The van der Waals surface area contributed by atoms with E-state index in [-0.39, 0.29) is 42.6 Å². The first-order chi connectivity index (χ1) is 9.52. The molecule has 1 N–H and O–H groups in total. The van der Waals surface area contributed by atoms with E-state index in [1.165, 1.54) is 4.90 Å². The first-order valence-electron chi connectivity index (χ1n) is 5.87. The van der Waals surface area contributed by atoms with E-state index >= 15 is 0 Å². The first-order valence-corrected chi connectivity index (χ1v) is 5.87. The van der Waals surface area contributed by atoms with Gasteiger partial charge in [-0.05, 0) is 29.6 Å². The van der Waals surface area contributed by atoms with Gasteiger partial charge in [0.05, 0.1) is 11.3 Å². The van der Waals surface area contributed by atoms with E-state index < -0.39 is 11.8 Å². The molecule has 1 saturated heterocycles. The minimum Gasteiger partial charge on any atom is -0.478 e. The van der Waals surface area contributed by atoms with E-state index in [1.54, 1.807) is 0 Å². The highest BCUT2D eigenvalue weighted by atomic mass is 19.1. The lowest BCUT2D eigenvalue weighted by molar-refractivity contribution is -0.117. The smallest absolute Gasteiger partial charge is 0.337 e. The Morgan fingerprint density at radius 3 is 3.00 bits per heavy atom. The molecule has 0 saturated carbocycles. The zero-order valence-electron chi connectivity index (χ0n) is 10.4. The van der Waals surface area contributed by atoms with Gasteiger partial charge in [0.25, 0.3) is 0 Å². The molecule has 1 aromatic rings. The number of benzene rings is 1. The number of halogens is 1. The summed E-state index contributed by atoms with van der Waals surface area (Å²) in [7, 11) is 0. The highest BCUT2D eigenvalue weighted by molar-refractivity contribution is 6.03. The fourth-order valence-corrected chi connectivity index (χ4v) is 2.20. The number of carboxylic acid groups (broad SMARTS) is 1. The van der Waals surface area contributed by atoms with Crippen molar-refractivity contribution in [3.8, 4) is 0 Å². The van der Waals surface area contributed by atoms with Crippen molar-refractivity contribution in [2.45, 2.75) is 6.42 Å². The Morgan fingerprint density at radius 1 is 1.60 bits per heavy atom. The number of amides is 1. The summed E-state index contributed by atoms with van der Waals surface area (Å²) in [5.74, 6) is -2.35. The maximum absolute atomic E-state index is 13.3. The minimum absolute atomic E-state index is 0.0333. The molecule has 20 heavy (non-hydrogen) atoms. The molecule has 1 aliphatic rings. The van der Waals surface area contributed by atoms with Gasteiger partial charge in [0.15, 0.2) is 0 Å². The Kier molecular flexibility index (Phi) is 3.86. The van der Waals surface area contributed by atoms with Crippen LogP contribution < -0.4 is 4.90 Å². The molecular weight excluding hydrogens is 267 g/mol. The van der Waals surface area contributed by atoms with Crippen LogP contribution in [0.2, 0.25) is 0 Å². The molecule has 1 aliphatic heterocycles. The molecule has 104 valence electrons. The Hall–Kier alpha value is -2.60. The van der Waals surface area contributed by atoms with E-state index in [0.717, 1.165) is 18.2 Å². The van der Waals surface area contributed by atoms with Crippen LogP contribution in [-0.4, -0.2) is 30.1 Å². The number of hydrogen-bond donors (Lipinski definition) is 1. The molecule has 1 amide bonds. The molecule has 0 spiro atoms. The summed E-state index contributed by atoms with van der Waals surface area (Å²) in [5, 5.41) is 12.5. The normalized spacial score (nSPS) is 17.9. The second kappa shape index (κ2) is 5.58. The number of nitrogens with zero attached hydrogens (tertiary/aromatic N) is 4. The number of carbonyl (C=O) groups is 2. The topological polar surface area (TPSA) is 106 Å². The third-order valence-electron chi connectivity index (χ3n) is 3.09. The van der Waals surface area contributed by atoms with Gasteiger partial charge in [0.1, 0.15) is 5.82 Å². The van der Waals surface area contributed by atoms with Crippen LogP contribution in [0, 0.1) is 11.7 Å². The molecular formula is C12H11FN4O3. The SMILES string of the molecule is [N-]=[N+]=NCC1CC(=O)N(c2cc(F)ccc2C(=O)O)C1. The first kappa shape index (κ1) is 13.8. The van der Waals surface area contributed by atoms with Crippen LogP contribution in [0.15, 0.2) is 23.3 Å². The minimum atomic E-state index is -1.23.